The SMILES string of the molecule is CCc1cnc(Cn2c(C(C)Cl)nc3cc(C)cnc32)s1. The zero-order valence-electron chi connectivity index (χ0n) is 12.3. The Labute approximate surface area is 132 Å². The van der Waals surface area contributed by atoms with E-state index in [4.69, 9.17) is 11.6 Å². The number of hydrogen-bond acceptors (Lipinski definition) is 4. The zero-order chi connectivity index (χ0) is 15.0. The molecule has 0 N–H and O–H groups in total. The van der Waals surface area contributed by atoms with Crippen LogP contribution in [0.5, 0.6) is 0 Å². The van der Waals surface area contributed by atoms with Crippen molar-refractivity contribution in [2.75, 3.05) is 0 Å². The van der Waals surface area contributed by atoms with Crippen molar-refractivity contribution in [1.29, 1.82) is 0 Å². The van der Waals surface area contributed by atoms with Crippen LogP contribution in [0, 0.1) is 6.92 Å². The van der Waals surface area contributed by atoms with Crippen molar-refractivity contribution in [3.63, 3.8) is 0 Å². The van der Waals surface area contributed by atoms with E-state index in [0.717, 1.165) is 34.0 Å². The summed E-state index contributed by atoms with van der Waals surface area (Å²) in [5.74, 6) is 0.845. The molecule has 0 saturated heterocycles. The van der Waals surface area contributed by atoms with Crippen LogP contribution in [-0.2, 0) is 13.0 Å². The van der Waals surface area contributed by atoms with Crippen molar-refractivity contribution in [2.45, 2.75) is 39.1 Å². The van der Waals surface area contributed by atoms with Gasteiger partial charge in [0.15, 0.2) is 5.65 Å². The third-order valence-electron chi connectivity index (χ3n) is 3.35. The number of rotatable bonds is 4. The number of aromatic nitrogens is 4. The van der Waals surface area contributed by atoms with E-state index in [-0.39, 0.29) is 5.38 Å². The van der Waals surface area contributed by atoms with Gasteiger partial charge in [0.2, 0.25) is 0 Å². The molecule has 0 aliphatic rings. The molecule has 0 aromatic carbocycles. The molecular formula is C15H17ClN4S. The number of nitrogens with zero attached hydrogens (tertiary/aromatic N) is 4. The molecule has 0 bridgehead atoms. The molecule has 0 fully saturated rings. The van der Waals surface area contributed by atoms with E-state index in [0.29, 0.717) is 6.54 Å². The number of alkyl halides is 1. The average molecular weight is 321 g/mol. The van der Waals surface area contributed by atoms with Crippen molar-refractivity contribution in [1.82, 2.24) is 19.5 Å². The minimum atomic E-state index is -0.162. The Kier molecular flexibility index (Phi) is 3.95. The number of hydrogen-bond donors (Lipinski definition) is 0. The Balaban J connectivity index is 2.08. The monoisotopic (exact) mass is 320 g/mol. The van der Waals surface area contributed by atoms with E-state index in [1.165, 1.54) is 4.88 Å². The first-order valence-electron chi connectivity index (χ1n) is 6.99. The zero-order valence-corrected chi connectivity index (χ0v) is 13.9. The van der Waals surface area contributed by atoms with Crippen molar-refractivity contribution < 1.29 is 0 Å². The van der Waals surface area contributed by atoms with Crippen molar-refractivity contribution in [3.05, 3.63) is 39.7 Å². The highest BCUT2D eigenvalue weighted by Gasteiger charge is 2.17. The largest absolute Gasteiger partial charge is 0.305 e. The molecule has 110 valence electrons. The predicted octanol–water partition coefficient (Wildman–Crippen LogP) is 4.11. The first-order valence-corrected chi connectivity index (χ1v) is 8.24. The minimum absolute atomic E-state index is 0.162. The molecule has 3 aromatic rings. The maximum Gasteiger partial charge on any atom is 0.160 e. The molecule has 0 saturated carbocycles. The topological polar surface area (TPSA) is 43.6 Å². The van der Waals surface area contributed by atoms with Gasteiger partial charge in [0.25, 0.3) is 0 Å². The highest BCUT2D eigenvalue weighted by Crippen LogP contribution is 2.26. The van der Waals surface area contributed by atoms with E-state index < -0.39 is 0 Å². The number of halogens is 1. The number of pyridine rings is 1. The fourth-order valence-corrected chi connectivity index (χ4v) is 3.33. The van der Waals surface area contributed by atoms with Crippen LogP contribution < -0.4 is 0 Å². The van der Waals surface area contributed by atoms with E-state index in [2.05, 4.69) is 26.4 Å². The van der Waals surface area contributed by atoms with E-state index in [1.807, 2.05) is 32.3 Å². The summed E-state index contributed by atoms with van der Waals surface area (Å²) in [6.07, 6.45) is 4.82. The summed E-state index contributed by atoms with van der Waals surface area (Å²) in [7, 11) is 0. The summed E-state index contributed by atoms with van der Waals surface area (Å²) in [5.41, 5.74) is 2.87. The standard InChI is InChI=1S/C15H17ClN4S/c1-4-11-7-17-13(21-11)8-20-14(10(3)16)19-12-5-9(2)6-18-15(12)20/h5-7,10H,4,8H2,1-3H3. The second-order valence-corrected chi connectivity index (χ2v) is 6.96. The van der Waals surface area contributed by atoms with Gasteiger partial charge >= 0.3 is 0 Å². The van der Waals surface area contributed by atoms with Gasteiger partial charge in [0.05, 0.1) is 11.9 Å². The lowest BCUT2D eigenvalue weighted by atomic mass is 10.3. The van der Waals surface area contributed by atoms with Gasteiger partial charge in [0, 0.05) is 17.3 Å². The molecule has 4 nitrogen and oxygen atoms in total. The number of aryl methyl sites for hydroxylation is 2. The Morgan fingerprint density at radius 3 is 2.81 bits per heavy atom. The minimum Gasteiger partial charge on any atom is -0.305 e. The summed E-state index contributed by atoms with van der Waals surface area (Å²) in [5, 5.41) is 0.900. The second kappa shape index (κ2) is 5.73. The van der Waals surface area contributed by atoms with E-state index in [1.54, 1.807) is 11.3 Å². The summed E-state index contributed by atoms with van der Waals surface area (Å²) in [6, 6.07) is 2.04. The fraction of sp³-hybridized carbons (Fsp3) is 0.400. The molecule has 3 aromatic heterocycles. The molecule has 1 unspecified atom stereocenters. The Bertz CT molecular complexity index is 775. The first-order chi connectivity index (χ1) is 10.1. The van der Waals surface area contributed by atoms with Gasteiger partial charge < -0.3 is 4.57 Å². The molecule has 0 amide bonds. The Hall–Kier alpha value is -1.46. The molecular weight excluding hydrogens is 304 g/mol. The van der Waals surface area contributed by atoms with Crippen LogP contribution in [0.15, 0.2) is 18.5 Å². The third kappa shape index (κ3) is 2.80. The number of thiazole rings is 1. The Morgan fingerprint density at radius 1 is 1.33 bits per heavy atom. The molecule has 21 heavy (non-hydrogen) atoms. The number of fused-ring (bicyclic) bond motifs is 1. The molecule has 0 aliphatic heterocycles. The summed E-state index contributed by atoms with van der Waals surface area (Å²) in [6.45, 7) is 6.76. The molecule has 3 heterocycles. The Morgan fingerprint density at radius 2 is 2.14 bits per heavy atom. The highest BCUT2D eigenvalue weighted by molar-refractivity contribution is 7.11. The fourth-order valence-electron chi connectivity index (χ4n) is 2.31. The van der Waals surface area contributed by atoms with Crippen LogP contribution in [0.3, 0.4) is 0 Å². The van der Waals surface area contributed by atoms with Crippen LogP contribution in [0.2, 0.25) is 0 Å². The molecule has 0 aliphatic carbocycles. The maximum atomic E-state index is 6.29. The van der Waals surface area contributed by atoms with Crippen molar-refractivity contribution >= 4 is 34.1 Å². The quantitative estimate of drug-likeness (QED) is 0.679. The van der Waals surface area contributed by atoms with Gasteiger partial charge in [-0.1, -0.05) is 6.92 Å². The normalized spacial score (nSPS) is 13.0. The highest BCUT2D eigenvalue weighted by atomic mass is 35.5. The number of imidazole rings is 1. The lowest BCUT2D eigenvalue weighted by Crippen LogP contribution is -2.06. The van der Waals surface area contributed by atoms with Crippen molar-refractivity contribution in [2.24, 2.45) is 0 Å². The second-order valence-electron chi connectivity index (χ2n) is 5.10. The van der Waals surface area contributed by atoms with Gasteiger partial charge in [-0.05, 0) is 31.9 Å². The molecule has 0 radical (unpaired) electrons. The van der Waals surface area contributed by atoms with Gasteiger partial charge in [-0.3, -0.25) is 0 Å². The van der Waals surface area contributed by atoms with Gasteiger partial charge in [-0.15, -0.1) is 22.9 Å². The van der Waals surface area contributed by atoms with Crippen molar-refractivity contribution in [3.8, 4) is 0 Å². The van der Waals surface area contributed by atoms with Crippen LogP contribution in [0.1, 0.15) is 40.5 Å². The van der Waals surface area contributed by atoms with Crippen LogP contribution >= 0.6 is 22.9 Å². The smallest absolute Gasteiger partial charge is 0.160 e. The van der Waals surface area contributed by atoms with Crippen LogP contribution in [0.25, 0.3) is 11.2 Å². The summed E-state index contributed by atoms with van der Waals surface area (Å²) in [4.78, 5) is 14.9. The average Bonchev–Trinajstić information content (AvgIpc) is 3.04. The molecule has 0 spiro atoms. The third-order valence-corrected chi connectivity index (χ3v) is 4.67. The molecule has 1 atom stereocenters. The maximum absolute atomic E-state index is 6.29. The summed E-state index contributed by atoms with van der Waals surface area (Å²) >= 11 is 8.02. The van der Waals surface area contributed by atoms with Crippen LogP contribution in [0.4, 0.5) is 0 Å². The van der Waals surface area contributed by atoms with E-state index >= 15 is 0 Å². The van der Waals surface area contributed by atoms with E-state index in [9.17, 15) is 0 Å². The lowest BCUT2D eigenvalue weighted by Gasteiger charge is -2.08. The molecule has 6 heteroatoms. The van der Waals surface area contributed by atoms with Gasteiger partial charge in [-0.25, -0.2) is 15.0 Å². The van der Waals surface area contributed by atoms with Gasteiger partial charge in [-0.2, -0.15) is 0 Å². The van der Waals surface area contributed by atoms with Gasteiger partial charge in [0.1, 0.15) is 16.3 Å². The van der Waals surface area contributed by atoms with Crippen LogP contribution in [-0.4, -0.2) is 19.5 Å². The lowest BCUT2D eigenvalue weighted by molar-refractivity contribution is 0.732. The summed E-state index contributed by atoms with van der Waals surface area (Å²) < 4.78 is 2.07. The predicted molar refractivity (Wildman–Crippen MR) is 87.1 cm³/mol. The first kappa shape index (κ1) is 14.5. The molecule has 3 rings (SSSR count).